The molecule has 0 amide bonds. The van der Waals surface area contributed by atoms with Gasteiger partial charge in [-0.2, -0.15) is 0 Å². The zero-order valence-electron chi connectivity index (χ0n) is 38.3. The molecule has 0 spiro atoms. The van der Waals surface area contributed by atoms with E-state index in [1.807, 2.05) is 0 Å². The van der Waals surface area contributed by atoms with E-state index in [0.717, 1.165) is 17.1 Å². The second kappa shape index (κ2) is 16.1. The van der Waals surface area contributed by atoms with Crippen molar-refractivity contribution < 1.29 is 0 Å². The summed E-state index contributed by atoms with van der Waals surface area (Å²) in [4.78, 5) is 0. The summed E-state index contributed by atoms with van der Waals surface area (Å²) in [6, 6.07) is 101. The van der Waals surface area contributed by atoms with Gasteiger partial charge in [0, 0.05) is 54.9 Å². The Balaban J connectivity index is 0.948. The van der Waals surface area contributed by atoms with Gasteiger partial charge in [-0.1, -0.05) is 200 Å². The van der Waals surface area contributed by atoms with Crippen molar-refractivity contribution in [1.82, 2.24) is 13.7 Å². The zero-order chi connectivity index (χ0) is 46.2. The molecule has 11 aromatic carbocycles. The number of aromatic nitrogens is 3. The Morgan fingerprint density at radius 1 is 0.229 bits per heavy atom. The first-order chi connectivity index (χ1) is 34.8. The fourth-order valence-corrected chi connectivity index (χ4v) is 16.6. The summed E-state index contributed by atoms with van der Waals surface area (Å²) in [7, 11) is -2.68. The quantitative estimate of drug-likeness (QED) is 0.107. The van der Waals surface area contributed by atoms with Gasteiger partial charge >= 0.3 is 0 Å². The van der Waals surface area contributed by atoms with Gasteiger partial charge in [-0.15, -0.1) is 0 Å². The maximum Gasteiger partial charge on any atom is 0.179 e. The Kier molecular flexibility index (Phi) is 9.23. The highest BCUT2D eigenvalue weighted by Crippen LogP contribution is 2.42. The van der Waals surface area contributed by atoms with Crippen LogP contribution in [0.15, 0.2) is 273 Å². The Hall–Kier alpha value is -8.96. The highest BCUT2D eigenvalue weighted by atomic mass is 28.3. The molecule has 0 radical (unpaired) electrons. The molecule has 14 rings (SSSR count). The number of hydrogen-bond donors (Lipinski definition) is 0. The Labute approximate surface area is 407 Å². The molecule has 3 nitrogen and oxygen atoms in total. The van der Waals surface area contributed by atoms with E-state index in [9.17, 15) is 0 Å². The number of nitrogens with zero attached hydrogens (tertiary/aromatic N) is 3. The van der Waals surface area contributed by atoms with Gasteiger partial charge in [0.25, 0.3) is 0 Å². The first-order valence-corrected chi connectivity index (χ1v) is 26.2. The maximum absolute atomic E-state index is 2.68. The van der Waals surface area contributed by atoms with Crippen molar-refractivity contribution in [3.63, 3.8) is 0 Å². The Morgan fingerprint density at radius 3 is 1.17 bits per heavy atom. The van der Waals surface area contributed by atoms with Crippen molar-refractivity contribution in [3.8, 4) is 28.2 Å². The molecule has 0 saturated heterocycles. The molecule has 0 fully saturated rings. The van der Waals surface area contributed by atoms with Crippen LogP contribution in [-0.2, 0) is 0 Å². The van der Waals surface area contributed by atoms with E-state index in [1.165, 1.54) is 97.3 Å². The minimum absolute atomic E-state index is 1.13. The van der Waals surface area contributed by atoms with Gasteiger partial charge in [-0.3, -0.25) is 0 Å². The molecular formula is C66H45N3Si. The molecule has 0 saturated carbocycles. The molecule has 0 aliphatic heterocycles. The highest BCUT2D eigenvalue weighted by Gasteiger charge is 2.41. The van der Waals surface area contributed by atoms with E-state index < -0.39 is 8.07 Å². The second-order valence-electron chi connectivity index (χ2n) is 18.4. The van der Waals surface area contributed by atoms with E-state index in [0.29, 0.717) is 0 Å². The predicted molar refractivity (Wildman–Crippen MR) is 299 cm³/mol. The lowest BCUT2D eigenvalue weighted by Gasteiger charge is -2.34. The summed E-state index contributed by atoms with van der Waals surface area (Å²) in [5.41, 5.74) is 13.0. The first-order valence-electron chi connectivity index (χ1n) is 24.2. The van der Waals surface area contributed by atoms with Crippen LogP contribution >= 0.6 is 0 Å². The topological polar surface area (TPSA) is 14.8 Å². The lowest BCUT2D eigenvalue weighted by atomic mass is 10.00. The summed E-state index contributed by atoms with van der Waals surface area (Å²) in [5, 5.41) is 12.9. The van der Waals surface area contributed by atoms with Crippen LogP contribution in [0.4, 0.5) is 0 Å². The van der Waals surface area contributed by atoms with Crippen molar-refractivity contribution >= 4 is 94.2 Å². The van der Waals surface area contributed by atoms with Crippen LogP contribution in [0.5, 0.6) is 0 Å². The monoisotopic (exact) mass is 907 g/mol. The van der Waals surface area contributed by atoms with Crippen molar-refractivity contribution in [2.75, 3.05) is 0 Å². The van der Waals surface area contributed by atoms with Crippen LogP contribution in [0.3, 0.4) is 0 Å². The van der Waals surface area contributed by atoms with Crippen LogP contribution < -0.4 is 20.7 Å². The third-order valence-corrected chi connectivity index (χ3v) is 19.6. The predicted octanol–water partition coefficient (Wildman–Crippen LogP) is 14.0. The molecule has 0 unspecified atom stereocenters. The van der Waals surface area contributed by atoms with Crippen LogP contribution in [0.25, 0.3) is 93.6 Å². The number of fused-ring (bicyclic) bond motifs is 9. The molecule has 0 aliphatic carbocycles. The van der Waals surface area contributed by atoms with Crippen molar-refractivity contribution in [2.45, 2.75) is 0 Å². The number of hydrogen-bond acceptors (Lipinski definition) is 0. The Morgan fingerprint density at radius 2 is 0.614 bits per heavy atom. The molecule has 3 heterocycles. The summed E-state index contributed by atoms with van der Waals surface area (Å²) in [6.07, 6.45) is 0. The third-order valence-electron chi connectivity index (χ3n) is 14.8. The van der Waals surface area contributed by atoms with Gasteiger partial charge in [-0.25, -0.2) is 0 Å². The lowest BCUT2D eigenvalue weighted by Crippen LogP contribution is -2.74. The van der Waals surface area contributed by atoms with Crippen LogP contribution in [-0.4, -0.2) is 21.8 Å². The summed E-state index contributed by atoms with van der Waals surface area (Å²) >= 11 is 0. The fraction of sp³-hybridized carbons (Fsp3) is 0. The highest BCUT2D eigenvalue weighted by molar-refractivity contribution is 7.19. The average molecular weight is 908 g/mol. The van der Waals surface area contributed by atoms with Gasteiger partial charge in [-0.05, 0) is 99.1 Å². The Bertz CT molecular complexity index is 4170. The largest absolute Gasteiger partial charge is 0.309 e. The minimum Gasteiger partial charge on any atom is -0.309 e. The van der Waals surface area contributed by atoms with Gasteiger partial charge < -0.3 is 13.7 Å². The molecule has 0 N–H and O–H groups in total. The summed E-state index contributed by atoms with van der Waals surface area (Å²) in [6.45, 7) is 0. The fourth-order valence-electron chi connectivity index (χ4n) is 11.8. The lowest BCUT2D eigenvalue weighted by molar-refractivity contribution is 1.17. The first kappa shape index (κ1) is 40.1. The van der Waals surface area contributed by atoms with Gasteiger partial charge in [0.1, 0.15) is 0 Å². The molecule has 14 aromatic rings. The van der Waals surface area contributed by atoms with E-state index in [4.69, 9.17) is 0 Å². The van der Waals surface area contributed by atoms with E-state index >= 15 is 0 Å². The normalized spacial score (nSPS) is 12.0. The van der Waals surface area contributed by atoms with Gasteiger partial charge in [0.15, 0.2) is 8.07 Å². The summed E-state index contributed by atoms with van der Waals surface area (Å²) in [5.74, 6) is 0. The molecular weight excluding hydrogens is 863 g/mol. The van der Waals surface area contributed by atoms with Gasteiger partial charge in [0.2, 0.25) is 0 Å². The molecule has 4 heteroatoms. The molecule has 0 aliphatic rings. The SMILES string of the molecule is c1ccc(-n2c3ccccc3c3cc(-c4cccc5c6ccccc6n(-c6ccc7c(c6)c6ccccc6n7-c6ccc([Si](c7ccccc7)(c7ccccc7)c7ccccc7)cc6)c45)ccc32)cc1. The van der Waals surface area contributed by atoms with Crippen LogP contribution in [0.2, 0.25) is 0 Å². The molecule has 70 heavy (non-hydrogen) atoms. The van der Waals surface area contributed by atoms with E-state index in [-0.39, 0.29) is 0 Å². The molecule has 0 bridgehead atoms. The van der Waals surface area contributed by atoms with Crippen LogP contribution in [0, 0.1) is 0 Å². The number of benzene rings is 11. The molecule has 3 aromatic heterocycles. The number of para-hydroxylation sites is 5. The smallest absolute Gasteiger partial charge is 0.179 e. The molecule has 0 atom stereocenters. The minimum atomic E-state index is -2.68. The third kappa shape index (κ3) is 6.00. The number of rotatable bonds is 8. The van der Waals surface area contributed by atoms with E-state index in [2.05, 4.69) is 287 Å². The summed E-state index contributed by atoms with van der Waals surface area (Å²) < 4.78 is 7.34. The van der Waals surface area contributed by atoms with Crippen molar-refractivity contribution in [3.05, 3.63) is 273 Å². The second-order valence-corrected chi connectivity index (χ2v) is 22.2. The van der Waals surface area contributed by atoms with Gasteiger partial charge in [0.05, 0.1) is 33.1 Å². The maximum atomic E-state index is 2.50. The standard InChI is InChI=1S/C66H45N3Si/c1-5-20-47(21-6-1)67-61-33-16-14-29-56(61)59-44-46(36-42-64(59)67)54-31-19-32-58-55-28-13-18-35-63(55)69(66(54)58)49-39-43-65-60(45-49)57-30-15-17-34-62(57)68(65)48-37-40-53(41-38-48)70(50-22-7-2-8-23-50,51-24-9-3-10-25-51)52-26-11-4-12-27-52/h1-45H. The zero-order valence-corrected chi connectivity index (χ0v) is 39.3. The van der Waals surface area contributed by atoms with Crippen LogP contribution in [0.1, 0.15) is 0 Å². The molecule has 328 valence electrons. The average Bonchev–Trinajstić information content (AvgIpc) is 4.08. The van der Waals surface area contributed by atoms with Crippen molar-refractivity contribution in [2.24, 2.45) is 0 Å². The van der Waals surface area contributed by atoms with E-state index in [1.54, 1.807) is 0 Å². The van der Waals surface area contributed by atoms with Crippen molar-refractivity contribution in [1.29, 1.82) is 0 Å².